The molecule has 2 aliphatic heterocycles. The average Bonchev–Trinajstić information content (AvgIpc) is 3.46. The molecule has 2 heterocycles. The Labute approximate surface area is 215 Å². The molecule has 4 atom stereocenters. The van der Waals surface area contributed by atoms with Gasteiger partial charge in [-0.3, -0.25) is 4.79 Å². The molecule has 38 heavy (non-hydrogen) atoms. The lowest BCUT2D eigenvalue weighted by Gasteiger charge is -2.15. The number of benzene rings is 2. The van der Waals surface area contributed by atoms with Crippen molar-refractivity contribution in [2.75, 3.05) is 20.3 Å². The highest BCUT2D eigenvalue weighted by Gasteiger charge is 2.51. The lowest BCUT2D eigenvalue weighted by molar-refractivity contribution is -0.769. The minimum absolute atomic E-state index is 0.0148. The number of ether oxygens (including phenoxy) is 6. The van der Waals surface area contributed by atoms with Crippen LogP contribution in [0.3, 0.4) is 0 Å². The van der Waals surface area contributed by atoms with Crippen molar-refractivity contribution in [3.63, 3.8) is 0 Å². The molecule has 2 saturated heterocycles. The second kappa shape index (κ2) is 11.7. The summed E-state index contributed by atoms with van der Waals surface area (Å²) in [4.78, 5) is 51.5. The molecular weight excluding hydrogens is 506 g/mol. The molecule has 13 nitrogen and oxygen atoms in total. The Morgan fingerprint density at radius 3 is 2.39 bits per heavy atom. The number of nitrogens with zero attached hydrogens (tertiary/aromatic N) is 1. The standard InChI is InChI=1S/C25H23NO12/c1-14(27)35-17-6-4-3-5-16(17)25(29)37-18-9-7-15(11-19(18)32-2)8-10-22(28)36-20-12-33-24-21(38-26(30)31)13-34-23(20)24/h3-11,20-21,23-24H,12-13H2,1-2H3/b10-8+. The normalized spacial score (nSPS) is 21.9. The first kappa shape index (κ1) is 26.6. The molecule has 4 unspecified atom stereocenters. The molecule has 13 heteroatoms. The van der Waals surface area contributed by atoms with Gasteiger partial charge >= 0.3 is 17.9 Å². The number of hydrogen-bond acceptors (Lipinski definition) is 12. The van der Waals surface area contributed by atoms with E-state index in [4.69, 9.17) is 28.4 Å². The predicted octanol–water partition coefficient (Wildman–Crippen LogP) is 2.14. The number of fused-ring (bicyclic) bond motifs is 1. The molecule has 0 spiro atoms. The van der Waals surface area contributed by atoms with Gasteiger partial charge in [0.25, 0.3) is 5.09 Å². The van der Waals surface area contributed by atoms with Gasteiger partial charge < -0.3 is 33.3 Å². The van der Waals surface area contributed by atoms with Crippen LogP contribution in [0.5, 0.6) is 17.2 Å². The van der Waals surface area contributed by atoms with Gasteiger partial charge in [0.1, 0.15) is 23.5 Å². The molecule has 4 rings (SSSR count). The van der Waals surface area contributed by atoms with E-state index >= 15 is 0 Å². The number of rotatable bonds is 9. The van der Waals surface area contributed by atoms with Gasteiger partial charge in [-0.2, -0.15) is 0 Å². The number of carbonyl (C=O) groups excluding carboxylic acids is 3. The Balaban J connectivity index is 1.37. The van der Waals surface area contributed by atoms with Crippen LogP contribution in [0.15, 0.2) is 48.5 Å². The van der Waals surface area contributed by atoms with Crippen molar-refractivity contribution in [2.24, 2.45) is 0 Å². The molecule has 0 amide bonds. The summed E-state index contributed by atoms with van der Waals surface area (Å²) in [5.41, 5.74) is 0.591. The molecule has 200 valence electrons. The van der Waals surface area contributed by atoms with Crippen LogP contribution in [-0.4, -0.2) is 67.7 Å². The van der Waals surface area contributed by atoms with Gasteiger partial charge in [-0.25, -0.2) is 9.59 Å². The molecule has 0 radical (unpaired) electrons. The number of methoxy groups -OCH3 is 1. The summed E-state index contributed by atoms with van der Waals surface area (Å²) < 4.78 is 32.1. The minimum Gasteiger partial charge on any atom is -0.493 e. The first-order valence-corrected chi connectivity index (χ1v) is 11.4. The number of para-hydroxylation sites is 1. The first-order chi connectivity index (χ1) is 18.2. The fourth-order valence-electron chi connectivity index (χ4n) is 3.99. The van der Waals surface area contributed by atoms with Crippen molar-refractivity contribution in [3.05, 3.63) is 69.8 Å². The van der Waals surface area contributed by atoms with Crippen molar-refractivity contribution >= 4 is 24.0 Å². The number of hydrogen-bond donors (Lipinski definition) is 0. The summed E-state index contributed by atoms with van der Waals surface area (Å²) in [6, 6.07) is 10.7. The first-order valence-electron chi connectivity index (χ1n) is 11.4. The SMILES string of the molecule is COc1cc(/C=C/C(=O)OC2COC3C(O[N+](=O)[O-])COC23)ccc1OC(=O)c1ccccc1OC(C)=O. The maximum Gasteiger partial charge on any atom is 0.347 e. The maximum atomic E-state index is 12.7. The quantitative estimate of drug-likeness (QED) is 0.153. The van der Waals surface area contributed by atoms with Gasteiger partial charge in [0.15, 0.2) is 23.7 Å². The van der Waals surface area contributed by atoms with Crippen LogP contribution in [0.4, 0.5) is 0 Å². The van der Waals surface area contributed by atoms with E-state index in [2.05, 4.69) is 4.84 Å². The molecular formula is C25H23NO12. The second-order valence-corrected chi connectivity index (χ2v) is 8.16. The molecule has 2 aromatic carbocycles. The van der Waals surface area contributed by atoms with E-state index in [1.807, 2.05) is 0 Å². The summed E-state index contributed by atoms with van der Waals surface area (Å²) >= 11 is 0. The van der Waals surface area contributed by atoms with Crippen LogP contribution in [0.2, 0.25) is 0 Å². The third-order valence-corrected chi connectivity index (χ3v) is 5.61. The largest absolute Gasteiger partial charge is 0.493 e. The summed E-state index contributed by atoms with van der Waals surface area (Å²) in [6.45, 7) is 1.19. The highest BCUT2D eigenvalue weighted by Crippen LogP contribution is 2.32. The molecule has 0 N–H and O–H groups in total. The van der Waals surface area contributed by atoms with Crippen molar-refractivity contribution in [2.45, 2.75) is 31.3 Å². The molecule has 0 bridgehead atoms. The summed E-state index contributed by atoms with van der Waals surface area (Å²) in [5, 5.41) is 9.67. The molecule has 0 aromatic heterocycles. The minimum atomic E-state index is -0.912. The molecule has 2 aromatic rings. The highest BCUT2D eigenvalue weighted by molar-refractivity contribution is 5.95. The number of esters is 3. The van der Waals surface area contributed by atoms with E-state index in [0.29, 0.717) is 5.56 Å². The third kappa shape index (κ3) is 6.25. The maximum absolute atomic E-state index is 12.7. The van der Waals surface area contributed by atoms with E-state index in [1.165, 1.54) is 44.4 Å². The topological polar surface area (TPSA) is 159 Å². The Kier molecular flexibility index (Phi) is 8.19. The van der Waals surface area contributed by atoms with Crippen molar-refractivity contribution in [1.29, 1.82) is 0 Å². The van der Waals surface area contributed by atoms with Crippen molar-refractivity contribution in [3.8, 4) is 17.2 Å². The molecule has 2 aliphatic rings. The van der Waals surface area contributed by atoms with Gasteiger partial charge in [-0.15, -0.1) is 10.1 Å². The van der Waals surface area contributed by atoms with Crippen LogP contribution in [-0.2, 0) is 28.6 Å². The van der Waals surface area contributed by atoms with Crippen LogP contribution >= 0.6 is 0 Å². The lowest BCUT2D eigenvalue weighted by Crippen LogP contribution is -2.35. The van der Waals surface area contributed by atoms with Gasteiger partial charge in [0.2, 0.25) is 0 Å². The second-order valence-electron chi connectivity index (χ2n) is 8.16. The molecule has 0 saturated carbocycles. The van der Waals surface area contributed by atoms with Gasteiger partial charge in [0, 0.05) is 13.0 Å². The highest BCUT2D eigenvalue weighted by atomic mass is 17.0. The van der Waals surface area contributed by atoms with Crippen LogP contribution in [0, 0.1) is 10.1 Å². The van der Waals surface area contributed by atoms with E-state index in [-0.39, 0.29) is 36.0 Å². The molecule has 2 fully saturated rings. The lowest BCUT2D eigenvalue weighted by atomic mass is 10.1. The summed E-state index contributed by atoms with van der Waals surface area (Å²) in [5.74, 6) is -1.65. The Hall–Kier alpha value is -4.49. The smallest absolute Gasteiger partial charge is 0.347 e. The van der Waals surface area contributed by atoms with Crippen molar-refractivity contribution in [1.82, 2.24) is 0 Å². The zero-order valence-corrected chi connectivity index (χ0v) is 20.3. The Morgan fingerprint density at radius 1 is 0.974 bits per heavy atom. The Morgan fingerprint density at radius 2 is 1.68 bits per heavy atom. The Bertz CT molecular complexity index is 1260. The zero-order chi connectivity index (χ0) is 27.2. The van der Waals surface area contributed by atoms with E-state index in [1.54, 1.807) is 24.3 Å². The zero-order valence-electron chi connectivity index (χ0n) is 20.3. The summed E-state index contributed by atoms with van der Waals surface area (Å²) in [7, 11) is 1.38. The van der Waals surface area contributed by atoms with Crippen LogP contribution in [0.25, 0.3) is 6.08 Å². The van der Waals surface area contributed by atoms with Crippen LogP contribution in [0.1, 0.15) is 22.8 Å². The summed E-state index contributed by atoms with van der Waals surface area (Å²) in [6.07, 6.45) is -0.357. The number of carbonyl (C=O) groups is 3. The molecule has 0 aliphatic carbocycles. The van der Waals surface area contributed by atoms with E-state index < -0.39 is 47.4 Å². The third-order valence-electron chi connectivity index (χ3n) is 5.61. The van der Waals surface area contributed by atoms with E-state index in [9.17, 15) is 24.5 Å². The predicted molar refractivity (Wildman–Crippen MR) is 126 cm³/mol. The van der Waals surface area contributed by atoms with Gasteiger partial charge in [-0.1, -0.05) is 18.2 Å². The fourth-order valence-corrected chi connectivity index (χ4v) is 3.99. The fraction of sp³-hybridized carbons (Fsp3) is 0.320. The van der Waals surface area contributed by atoms with Gasteiger partial charge in [0.05, 0.1) is 20.3 Å². The van der Waals surface area contributed by atoms with Crippen molar-refractivity contribution < 1.29 is 52.7 Å². The average molecular weight is 529 g/mol. The van der Waals surface area contributed by atoms with E-state index in [0.717, 1.165) is 0 Å². The monoisotopic (exact) mass is 529 g/mol. The van der Waals surface area contributed by atoms with Crippen LogP contribution < -0.4 is 14.2 Å². The van der Waals surface area contributed by atoms with Gasteiger partial charge in [-0.05, 0) is 35.9 Å².